The molecule has 0 aliphatic carbocycles. The standard InChI is InChI=1S/C24H24N2O2.C21H21N3O2/c1-3-7-17-14-21(19-10-12-20(27)13-11-19)23(22(15-17)24(25)26-28)16(2)18-8-5-4-6-9-18;1-2-3-14-12-18(15-4-6-17(25)7-5-15)20(16-8-10-23-11-9-16)19(13-14)21(22)24-26/h4-6,8-15,27-28H,2-3,7H2,1H3,(H2,25,26);4-13,25-26H,2-3H2,1H3,(H2,22,24). The van der Waals surface area contributed by atoms with Gasteiger partial charge in [0, 0.05) is 34.6 Å². The highest BCUT2D eigenvalue weighted by molar-refractivity contribution is 6.07. The van der Waals surface area contributed by atoms with Crippen LogP contribution in [0.3, 0.4) is 0 Å². The van der Waals surface area contributed by atoms with Crippen LogP contribution in [0.2, 0.25) is 0 Å². The van der Waals surface area contributed by atoms with Crippen molar-refractivity contribution in [1.82, 2.24) is 4.98 Å². The van der Waals surface area contributed by atoms with Crippen molar-refractivity contribution in [3.63, 3.8) is 0 Å². The lowest BCUT2D eigenvalue weighted by atomic mass is 9.85. The van der Waals surface area contributed by atoms with Crippen LogP contribution in [-0.4, -0.2) is 37.3 Å². The van der Waals surface area contributed by atoms with Crippen LogP contribution in [0.25, 0.3) is 39.0 Å². The summed E-state index contributed by atoms with van der Waals surface area (Å²) in [5.41, 5.74) is 23.7. The molecule has 8 N–H and O–H groups in total. The van der Waals surface area contributed by atoms with Gasteiger partial charge in [0.1, 0.15) is 11.5 Å². The van der Waals surface area contributed by atoms with E-state index in [1.165, 1.54) is 0 Å². The minimum atomic E-state index is 0.0464. The van der Waals surface area contributed by atoms with E-state index in [0.717, 1.165) is 86.9 Å². The first-order valence-corrected chi connectivity index (χ1v) is 17.7. The quantitative estimate of drug-likeness (QED) is 0.0335. The molecule has 0 fully saturated rings. The molecule has 1 aromatic heterocycles. The lowest BCUT2D eigenvalue weighted by Gasteiger charge is -2.19. The van der Waals surface area contributed by atoms with Crippen molar-refractivity contribution in [3.05, 3.63) is 168 Å². The number of aryl methyl sites for hydroxylation is 2. The first-order valence-electron chi connectivity index (χ1n) is 17.7. The summed E-state index contributed by atoms with van der Waals surface area (Å²) in [6.45, 7) is 8.53. The second-order valence-corrected chi connectivity index (χ2v) is 12.8. The lowest BCUT2D eigenvalue weighted by Crippen LogP contribution is -2.17. The van der Waals surface area contributed by atoms with Crippen LogP contribution in [0.4, 0.5) is 0 Å². The van der Waals surface area contributed by atoms with E-state index in [0.29, 0.717) is 11.1 Å². The van der Waals surface area contributed by atoms with Gasteiger partial charge in [0.25, 0.3) is 0 Å². The Hall–Kier alpha value is -6.87. The Labute approximate surface area is 315 Å². The monoisotopic (exact) mass is 719 g/mol. The lowest BCUT2D eigenvalue weighted by molar-refractivity contribution is 0.318. The highest BCUT2D eigenvalue weighted by atomic mass is 16.4. The number of aromatic hydroxyl groups is 2. The normalized spacial score (nSPS) is 11.4. The Bertz CT molecular complexity index is 2250. The van der Waals surface area contributed by atoms with E-state index in [2.05, 4.69) is 47.9 Å². The predicted octanol–water partition coefficient (Wildman–Crippen LogP) is 9.34. The van der Waals surface area contributed by atoms with Crippen LogP contribution < -0.4 is 11.5 Å². The van der Waals surface area contributed by atoms with Crippen LogP contribution in [0.15, 0.2) is 145 Å². The molecule has 0 amide bonds. The van der Waals surface area contributed by atoms with Crippen LogP contribution >= 0.6 is 0 Å². The smallest absolute Gasteiger partial charge is 0.170 e. The van der Waals surface area contributed by atoms with Gasteiger partial charge in [-0.05, 0) is 111 Å². The molecule has 54 heavy (non-hydrogen) atoms. The van der Waals surface area contributed by atoms with Crippen LogP contribution in [0.5, 0.6) is 11.5 Å². The summed E-state index contributed by atoms with van der Waals surface area (Å²) in [7, 11) is 0. The Morgan fingerprint density at radius 1 is 0.611 bits per heavy atom. The maximum atomic E-state index is 9.69. The fourth-order valence-electron chi connectivity index (χ4n) is 6.46. The van der Waals surface area contributed by atoms with Crippen molar-refractivity contribution in [2.45, 2.75) is 39.5 Å². The molecule has 0 radical (unpaired) electrons. The predicted molar refractivity (Wildman–Crippen MR) is 218 cm³/mol. The summed E-state index contributed by atoms with van der Waals surface area (Å²) in [6, 6.07) is 35.9. The molecule has 0 saturated heterocycles. The average Bonchev–Trinajstić information content (AvgIpc) is 3.21. The number of hydrogen-bond donors (Lipinski definition) is 6. The van der Waals surface area contributed by atoms with E-state index in [1.807, 2.05) is 78.9 Å². The number of phenols is 2. The molecule has 274 valence electrons. The highest BCUT2D eigenvalue weighted by Crippen LogP contribution is 2.38. The second kappa shape index (κ2) is 18.1. The summed E-state index contributed by atoms with van der Waals surface area (Å²) in [6.07, 6.45) is 7.14. The molecule has 6 rings (SSSR count). The zero-order valence-corrected chi connectivity index (χ0v) is 30.4. The number of hydrogen-bond acceptors (Lipinski definition) is 7. The van der Waals surface area contributed by atoms with Gasteiger partial charge in [-0.25, -0.2) is 0 Å². The second-order valence-electron chi connectivity index (χ2n) is 12.8. The maximum absolute atomic E-state index is 9.69. The van der Waals surface area contributed by atoms with Gasteiger partial charge in [-0.2, -0.15) is 0 Å². The van der Waals surface area contributed by atoms with Crippen LogP contribution in [0, 0.1) is 0 Å². The molecule has 9 heteroatoms. The third kappa shape index (κ3) is 8.94. The van der Waals surface area contributed by atoms with Crippen molar-refractivity contribution in [2.24, 2.45) is 21.8 Å². The van der Waals surface area contributed by atoms with Crippen molar-refractivity contribution in [3.8, 4) is 44.9 Å². The topological polar surface area (TPSA) is 171 Å². The summed E-state index contributed by atoms with van der Waals surface area (Å²) < 4.78 is 0. The molecule has 1 heterocycles. The molecule has 0 aliphatic rings. The third-order valence-electron chi connectivity index (χ3n) is 8.99. The molecule has 0 unspecified atom stereocenters. The fourth-order valence-corrected chi connectivity index (χ4v) is 6.46. The maximum Gasteiger partial charge on any atom is 0.170 e. The number of oxime groups is 2. The number of pyridine rings is 1. The van der Waals surface area contributed by atoms with Gasteiger partial charge >= 0.3 is 0 Å². The molecule has 6 aromatic rings. The summed E-state index contributed by atoms with van der Waals surface area (Å²) in [5.74, 6) is 0.522. The van der Waals surface area contributed by atoms with Gasteiger partial charge in [0.15, 0.2) is 11.7 Å². The molecule has 0 atom stereocenters. The third-order valence-corrected chi connectivity index (χ3v) is 8.99. The van der Waals surface area contributed by atoms with Crippen molar-refractivity contribution < 1.29 is 20.6 Å². The van der Waals surface area contributed by atoms with E-state index in [4.69, 9.17) is 11.5 Å². The van der Waals surface area contributed by atoms with Gasteiger partial charge in [-0.3, -0.25) is 4.98 Å². The molecular weight excluding hydrogens is 675 g/mol. The minimum Gasteiger partial charge on any atom is -0.508 e. The summed E-state index contributed by atoms with van der Waals surface area (Å²) in [4.78, 5) is 4.08. The molecular formula is C45H45N5O4. The van der Waals surface area contributed by atoms with E-state index in [9.17, 15) is 20.6 Å². The van der Waals surface area contributed by atoms with Crippen molar-refractivity contribution >= 4 is 17.2 Å². The molecule has 0 bridgehead atoms. The van der Waals surface area contributed by atoms with Crippen molar-refractivity contribution in [1.29, 1.82) is 0 Å². The SMILES string of the molecule is C=C(c1ccccc1)c1c(C(N)=NO)cc(CCC)cc1-c1ccc(O)cc1.CCCc1cc(C(N)=NO)c(-c2ccncc2)c(-c2ccc(O)cc2)c1. The van der Waals surface area contributed by atoms with E-state index >= 15 is 0 Å². The van der Waals surface area contributed by atoms with Gasteiger partial charge < -0.3 is 32.1 Å². The number of amidine groups is 2. The number of phenolic OH excluding ortho intramolecular Hbond substituents is 2. The number of nitrogens with two attached hydrogens (primary N) is 2. The zero-order valence-electron chi connectivity index (χ0n) is 30.4. The number of nitrogens with zero attached hydrogens (tertiary/aromatic N) is 3. The van der Waals surface area contributed by atoms with E-state index < -0.39 is 0 Å². The minimum absolute atomic E-state index is 0.0464. The van der Waals surface area contributed by atoms with Crippen molar-refractivity contribution in [2.75, 3.05) is 0 Å². The summed E-state index contributed by atoms with van der Waals surface area (Å²) in [5, 5.41) is 44.5. The largest absolute Gasteiger partial charge is 0.508 e. The Balaban J connectivity index is 0.000000208. The molecule has 0 saturated carbocycles. The highest BCUT2D eigenvalue weighted by Gasteiger charge is 2.20. The molecule has 0 spiro atoms. The fraction of sp³-hybridized carbons (Fsp3) is 0.133. The first kappa shape index (κ1) is 38.4. The number of aromatic nitrogens is 1. The van der Waals surface area contributed by atoms with Gasteiger partial charge in [-0.1, -0.05) is 110 Å². The number of rotatable bonds is 11. The van der Waals surface area contributed by atoms with E-state index in [-0.39, 0.29) is 23.2 Å². The van der Waals surface area contributed by atoms with Gasteiger partial charge in [0.05, 0.1) is 0 Å². The van der Waals surface area contributed by atoms with Crippen LogP contribution in [-0.2, 0) is 12.8 Å². The Morgan fingerprint density at radius 2 is 1.09 bits per heavy atom. The van der Waals surface area contributed by atoms with Crippen LogP contribution in [0.1, 0.15) is 60.1 Å². The zero-order chi connectivity index (χ0) is 38.6. The summed E-state index contributed by atoms with van der Waals surface area (Å²) >= 11 is 0. The molecule has 0 aliphatic heterocycles. The molecule has 5 aromatic carbocycles. The number of benzene rings is 5. The molecule has 9 nitrogen and oxygen atoms in total. The first-order chi connectivity index (χ1) is 26.2. The van der Waals surface area contributed by atoms with E-state index in [1.54, 1.807) is 36.7 Å². The average molecular weight is 720 g/mol. The Kier molecular flexibility index (Phi) is 12.8. The van der Waals surface area contributed by atoms with Gasteiger partial charge in [0.2, 0.25) is 0 Å². The van der Waals surface area contributed by atoms with Gasteiger partial charge in [-0.15, -0.1) is 0 Å². The Morgan fingerprint density at radius 3 is 1.61 bits per heavy atom.